The lowest BCUT2D eigenvalue weighted by molar-refractivity contribution is -0.123. The average Bonchev–Trinajstić information content (AvgIpc) is 3.27. The fraction of sp³-hybridized carbons (Fsp3) is 0.500. The van der Waals surface area contributed by atoms with Crippen LogP contribution in [-0.2, 0) is 18.3 Å². The highest BCUT2D eigenvalue weighted by atomic mass is 16.2. The lowest BCUT2D eigenvalue weighted by atomic mass is 9.92. The number of rotatable bonds is 3. The molecule has 4 rings (SSSR count). The number of hydrogen-bond acceptors (Lipinski definition) is 3. The van der Waals surface area contributed by atoms with Gasteiger partial charge in [-0.25, -0.2) is 0 Å². The summed E-state index contributed by atoms with van der Waals surface area (Å²) < 4.78 is 1.98. The Labute approximate surface area is 149 Å². The summed E-state index contributed by atoms with van der Waals surface area (Å²) >= 11 is 0. The molecule has 132 valence electrons. The summed E-state index contributed by atoms with van der Waals surface area (Å²) in [6, 6.07) is 10.3. The van der Waals surface area contributed by atoms with Crippen molar-refractivity contribution in [3.63, 3.8) is 0 Å². The molecule has 2 aliphatic heterocycles. The van der Waals surface area contributed by atoms with Gasteiger partial charge in [-0.2, -0.15) is 5.10 Å². The van der Waals surface area contributed by atoms with Gasteiger partial charge in [0.1, 0.15) is 0 Å². The van der Waals surface area contributed by atoms with E-state index in [1.165, 1.54) is 11.3 Å². The molecule has 25 heavy (non-hydrogen) atoms. The van der Waals surface area contributed by atoms with Gasteiger partial charge in [0.05, 0.1) is 6.04 Å². The van der Waals surface area contributed by atoms with Crippen LogP contribution in [-0.4, -0.2) is 46.3 Å². The largest absolute Gasteiger partial charge is 0.310 e. The normalized spacial score (nSPS) is 19.8. The number of amides is 1. The van der Waals surface area contributed by atoms with Crippen molar-refractivity contribution in [2.24, 2.45) is 7.05 Å². The molecule has 0 unspecified atom stereocenters. The molecule has 5 heteroatoms. The van der Waals surface area contributed by atoms with Crippen molar-refractivity contribution in [1.29, 1.82) is 0 Å². The van der Waals surface area contributed by atoms with E-state index in [1.54, 1.807) is 0 Å². The Kier molecular flexibility index (Phi) is 4.34. The third kappa shape index (κ3) is 2.97. The summed E-state index contributed by atoms with van der Waals surface area (Å²) in [5.74, 6) is 0.794. The minimum Gasteiger partial charge on any atom is -0.310 e. The molecule has 1 saturated heterocycles. The molecule has 0 N–H and O–H groups in total. The number of hydrogen-bond donors (Lipinski definition) is 0. The Morgan fingerprint density at radius 2 is 1.92 bits per heavy atom. The van der Waals surface area contributed by atoms with Gasteiger partial charge >= 0.3 is 0 Å². The topological polar surface area (TPSA) is 41.4 Å². The maximum Gasteiger partial charge on any atom is 0.244 e. The number of aromatic nitrogens is 2. The van der Waals surface area contributed by atoms with E-state index < -0.39 is 0 Å². The molecule has 1 atom stereocenters. The summed E-state index contributed by atoms with van der Waals surface area (Å²) in [6.07, 6.45) is 5.03. The van der Waals surface area contributed by atoms with Gasteiger partial charge < -0.3 is 4.90 Å². The van der Waals surface area contributed by atoms with Crippen molar-refractivity contribution in [3.8, 4) is 0 Å². The molecule has 2 aliphatic rings. The minimum atomic E-state index is -0.0568. The van der Waals surface area contributed by atoms with Gasteiger partial charge in [-0.15, -0.1) is 0 Å². The zero-order valence-corrected chi connectivity index (χ0v) is 15.1. The van der Waals surface area contributed by atoms with Crippen molar-refractivity contribution in [1.82, 2.24) is 14.7 Å². The van der Waals surface area contributed by atoms with Crippen LogP contribution in [0, 0.1) is 0 Å². The number of benzene rings is 1. The third-order valence-electron chi connectivity index (χ3n) is 5.86. The molecule has 0 radical (unpaired) electrons. The van der Waals surface area contributed by atoms with Crippen molar-refractivity contribution in [2.75, 3.05) is 24.5 Å². The minimum absolute atomic E-state index is 0.0568. The molecular weight excluding hydrogens is 312 g/mol. The van der Waals surface area contributed by atoms with Crippen molar-refractivity contribution < 1.29 is 4.79 Å². The molecule has 0 bridgehead atoms. The summed E-state index contributed by atoms with van der Waals surface area (Å²) in [7, 11) is 2.01. The molecule has 1 fully saturated rings. The van der Waals surface area contributed by atoms with E-state index in [9.17, 15) is 4.79 Å². The van der Waals surface area contributed by atoms with Crippen LogP contribution in [0.5, 0.6) is 0 Å². The molecule has 0 saturated carbocycles. The van der Waals surface area contributed by atoms with E-state index in [-0.39, 0.29) is 11.9 Å². The number of para-hydroxylation sites is 1. The first-order valence-electron chi connectivity index (χ1n) is 9.26. The van der Waals surface area contributed by atoms with Crippen LogP contribution in [0.1, 0.15) is 36.9 Å². The Morgan fingerprint density at radius 3 is 2.64 bits per heavy atom. The van der Waals surface area contributed by atoms with Gasteiger partial charge in [0.25, 0.3) is 0 Å². The predicted molar refractivity (Wildman–Crippen MR) is 98.7 cm³/mol. The second-order valence-electron chi connectivity index (χ2n) is 7.23. The first-order chi connectivity index (χ1) is 12.1. The predicted octanol–water partition coefficient (Wildman–Crippen LogP) is 2.58. The maximum atomic E-state index is 13.0. The van der Waals surface area contributed by atoms with E-state index in [0.717, 1.165) is 44.6 Å². The van der Waals surface area contributed by atoms with E-state index in [2.05, 4.69) is 41.2 Å². The number of fused-ring (bicyclic) bond motifs is 1. The Hall–Kier alpha value is -2.14. The van der Waals surface area contributed by atoms with Crippen molar-refractivity contribution in [3.05, 3.63) is 47.8 Å². The highest BCUT2D eigenvalue weighted by Gasteiger charge is 2.33. The second kappa shape index (κ2) is 6.64. The molecule has 5 nitrogen and oxygen atoms in total. The average molecular weight is 338 g/mol. The molecular formula is C20H26N4O. The fourth-order valence-electron chi connectivity index (χ4n) is 4.32. The first-order valence-corrected chi connectivity index (χ1v) is 9.26. The first kappa shape index (κ1) is 16.3. The Bertz CT molecular complexity index is 761. The van der Waals surface area contributed by atoms with E-state index in [1.807, 2.05) is 28.9 Å². The van der Waals surface area contributed by atoms with Crippen LogP contribution in [0.3, 0.4) is 0 Å². The third-order valence-corrected chi connectivity index (χ3v) is 5.86. The van der Waals surface area contributed by atoms with Crippen LogP contribution >= 0.6 is 0 Å². The van der Waals surface area contributed by atoms with E-state index in [4.69, 9.17) is 0 Å². The SMILES string of the molecule is C[C@@H](C(=O)N1CCc2ccccc21)N1CCC(c2ccnn2C)CC1. The van der Waals surface area contributed by atoms with Gasteiger partial charge in [0.15, 0.2) is 0 Å². The number of nitrogens with zero attached hydrogens (tertiary/aromatic N) is 4. The van der Waals surface area contributed by atoms with E-state index in [0.29, 0.717) is 5.92 Å². The summed E-state index contributed by atoms with van der Waals surface area (Å²) in [5.41, 5.74) is 3.70. The second-order valence-corrected chi connectivity index (χ2v) is 7.23. The lowest BCUT2D eigenvalue weighted by Crippen LogP contribution is -2.49. The van der Waals surface area contributed by atoms with Crippen LogP contribution in [0.25, 0.3) is 0 Å². The van der Waals surface area contributed by atoms with E-state index >= 15 is 0 Å². The Balaban J connectivity index is 1.40. The number of anilines is 1. The molecule has 0 aliphatic carbocycles. The van der Waals surface area contributed by atoms with Gasteiger partial charge in [-0.3, -0.25) is 14.4 Å². The molecule has 0 spiro atoms. The van der Waals surface area contributed by atoms with Crippen LogP contribution in [0.4, 0.5) is 5.69 Å². The summed E-state index contributed by atoms with van der Waals surface area (Å²) in [6.45, 7) is 4.82. The fourth-order valence-corrected chi connectivity index (χ4v) is 4.32. The number of piperidine rings is 1. The van der Waals surface area contributed by atoms with Gasteiger partial charge in [0, 0.05) is 37.1 Å². The Morgan fingerprint density at radius 1 is 1.16 bits per heavy atom. The van der Waals surface area contributed by atoms with Gasteiger partial charge in [-0.1, -0.05) is 18.2 Å². The molecule has 1 aromatic heterocycles. The smallest absolute Gasteiger partial charge is 0.244 e. The number of carbonyl (C=O) groups excluding carboxylic acids is 1. The molecule has 1 amide bonds. The number of likely N-dealkylation sites (tertiary alicyclic amines) is 1. The zero-order chi connectivity index (χ0) is 17.4. The molecule has 2 aromatic rings. The van der Waals surface area contributed by atoms with Gasteiger partial charge in [0.2, 0.25) is 5.91 Å². The number of carbonyl (C=O) groups is 1. The summed E-state index contributed by atoms with van der Waals surface area (Å²) in [4.78, 5) is 17.4. The quantitative estimate of drug-likeness (QED) is 0.864. The highest BCUT2D eigenvalue weighted by Crippen LogP contribution is 2.31. The van der Waals surface area contributed by atoms with Gasteiger partial charge in [-0.05, 0) is 57.0 Å². The standard InChI is InChI=1S/C20H26N4O/c1-15(20(25)24-14-10-16-5-3-4-6-19(16)24)23-12-8-17(9-13-23)18-7-11-21-22(18)2/h3-7,11,15,17H,8-10,12-14H2,1-2H3/t15-/m0/s1. The van der Waals surface area contributed by atoms with Crippen LogP contribution < -0.4 is 4.90 Å². The van der Waals surface area contributed by atoms with Crippen molar-refractivity contribution >= 4 is 11.6 Å². The molecule has 3 heterocycles. The zero-order valence-electron chi connectivity index (χ0n) is 15.1. The molecule has 1 aromatic carbocycles. The van der Waals surface area contributed by atoms with Crippen LogP contribution in [0.2, 0.25) is 0 Å². The maximum absolute atomic E-state index is 13.0. The monoisotopic (exact) mass is 338 g/mol. The van der Waals surface area contributed by atoms with Crippen molar-refractivity contribution in [2.45, 2.75) is 38.1 Å². The summed E-state index contributed by atoms with van der Waals surface area (Å²) in [5, 5.41) is 4.29. The van der Waals surface area contributed by atoms with Crippen LogP contribution in [0.15, 0.2) is 36.5 Å². The highest BCUT2D eigenvalue weighted by molar-refractivity contribution is 5.98. The number of aryl methyl sites for hydroxylation is 1. The lowest BCUT2D eigenvalue weighted by Gasteiger charge is -2.36.